The zero-order valence-corrected chi connectivity index (χ0v) is 14.4. The maximum absolute atomic E-state index is 12.9. The third kappa shape index (κ3) is 3.33. The van der Waals surface area contributed by atoms with Crippen LogP contribution in [0.25, 0.3) is 0 Å². The van der Waals surface area contributed by atoms with E-state index in [0.29, 0.717) is 5.57 Å². The molecule has 25 heavy (non-hydrogen) atoms. The predicted molar refractivity (Wildman–Crippen MR) is 95.7 cm³/mol. The van der Waals surface area contributed by atoms with E-state index in [1.165, 1.54) is 4.90 Å². The van der Waals surface area contributed by atoms with Crippen LogP contribution >= 0.6 is 0 Å². The van der Waals surface area contributed by atoms with Gasteiger partial charge in [0.25, 0.3) is 5.91 Å². The normalized spacial score (nSPS) is 20.5. The summed E-state index contributed by atoms with van der Waals surface area (Å²) in [5.74, 6) is -0.306. The number of nitrogens with zero attached hydrogens (tertiary/aromatic N) is 1. The minimum atomic E-state index is -0.600. The Morgan fingerprint density at radius 3 is 2.16 bits per heavy atom. The topological polar surface area (TPSA) is 46.6 Å². The van der Waals surface area contributed by atoms with Gasteiger partial charge in [-0.25, -0.2) is 9.69 Å². The summed E-state index contributed by atoms with van der Waals surface area (Å²) in [5.41, 5.74) is 2.30. The lowest BCUT2D eigenvalue weighted by Gasteiger charge is -2.24. The van der Waals surface area contributed by atoms with Crippen LogP contribution in [0.15, 0.2) is 72.3 Å². The standard InChI is InChI=1S/C21H21NO3/c1-3-10-15(2)20(23)22-18(16-11-6-4-7-12-16)19(25-21(22)24)17-13-8-5-9-14-17/h4-14,18-19H,3H2,1-2H3/b15-10+/t18-,19+/m0/s1. The summed E-state index contributed by atoms with van der Waals surface area (Å²) in [6, 6.07) is 18.6. The third-order valence-electron chi connectivity index (χ3n) is 4.33. The van der Waals surface area contributed by atoms with Crippen LogP contribution in [0.1, 0.15) is 43.5 Å². The first-order valence-electron chi connectivity index (χ1n) is 8.44. The Kier molecular flexibility index (Phi) is 4.98. The molecule has 4 heteroatoms. The maximum atomic E-state index is 12.9. The van der Waals surface area contributed by atoms with E-state index >= 15 is 0 Å². The number of allylic oxidation sites excluding steroid dienone is 1. The fourth-order valence-corrected chi connectivity index (χ4v) is 3.14. The van der Waals surface area contributed by atoms with Crippen molar-refractivity contribution in [3.05, 3.63) is 83.4 Å². The number of imide groups is 1. The van der Waals surface area contributed by atoms with Gasteiger partial charge in [0.1, 0.15) is 6.04 Å². The van der Waals surface area contributed by atoms with Crippen LogP contribution in [0, 0.1) is 0 Å². The van der Waals surface area contributed by atoms with E-state index in [-0.39, 0.29) is 5.91 Å². The molecule has 0 aliphatic carbocycles. The lowest BCUT2D eigenvalue weighted by molar-refractivity contribution is -0.125. The van der Waals surface area contributed by atoms with Gasteiger partial charge in [-0.1, -0.05) is 73.7 Å². The zero-order valence-electron chi connectivity index (χ0n) is 14.4. The number of hydrogen-bond acceptors (Lipinski definition) is 3. The molecule has 1 heterocycles. The Hall–Kier alpha value is -2.88. The number of cyclic esters (lactones) is 1. The van der Waals surface area contributed by atoms with E-state index in [1.54, 1.807) is 6.92 Å². The van der Waals surface area contributed by atoms with Gasteiger partial charge in [-0.15, -0.1) is 0 Å². The molecule has 0 aromatic heterocycles. The molecular weight excluding hydrogens is 314 g/mol. The number of ether oxygens (including phenoxy) is 1. The fourth-order valence-electron chi connectivity index (χ4n) is 3.14. The second-order valence-electron chi connectivity index (χ2n) is 6.04. The van der Waals surface area contributed by atoms with Crippen LogP contribution in [0.4, 0.5) is 4.79 Å². The van der Waals surface area contributed by atoms with Gasteiger partial charge >= 0.3 is 6.09 Å². The lowest BCUT2D eigenvalue weighted by atomic mass is 9.95. The Bertz CT molecular complexity index is 783. The van der Waals surface area contributed by atoms with Crippen molar-refractivity contribution < 1.29 is 14.3 Å². The molecule has 2 amide bonds. The fraction of sp³-hybridized carbons (Fsp3) is 0.238. The van der Waals surface area contributed by atoms with Gasteiger partial charge in [0.05, 0.1) is 0 Å². The smallest absolute Gasteiger partial charge is 0.418 e. The molecule has 0 bridgehead atoms. The van der Waals surface area contributed by atoms with Crippen molar-refractivity contribution in [3.63, 3.8) is 0 Å². The highest BCUT2D eigenvalue weighted by molar-refractivity contribution is 6.03. The summed E-state index contributed by atoms with van der Waals surface area (Å²) >= 11 is 0. The molecule has 0 N–H and O–H groups in total. The highest BCUT2D eigenvalue weighted by Crippen LogP contribution is 2.43. The summed E-state index contributed by atoms with van der Waals surface area (Å²) in [6.07, 6.45) is 1.44. The molecule has 0 radical (unpaired) electrons. The number of carbonyl (C=O) groups excluding carboxylic acids is 2. The van der Waals surface area contributed by atoms with Crippen LogP contribution in [0.2, 0.25) is 0 Å². The van der Waals surface area contributed by atoms with Crippen molar-refractivity contribution in [1.82, 2.24) is 4.90 Å². The van der Waals surface area contributed by atoms with Crippen molar-refractivity contribution in [2.24, 2.45) is 0 Å². The van der Waals surface area contributed by atoms with Gasteiger partial charge in [-0.2, -0.15) is 0 Å². The number of rotatable bonds is 4. The molecule has 1 aliphatic heterocycles. The minimum Gasteiger partial charge on any atom is -0.438 e. The quantitative estimate of drug-likeness (QED) is 0.754. The summed E-state index contributed by atoms with van der Waals surface area (Å²) in [4.78, 5) is 26.7. The predicted octanol–water partition coefficient (Wildman–Crippen LogP) is 4.80. The number of benzene rings is 2. The molecule has 4 nitrogen and oxygen atoms in total. The van der Waals surface area contributed by atoms with Crippen molar-refractivity contribution in [2.45, 2.75) is 32.4 Å². The van der Waals surface area contributed by atoms with E-state index in [0.717, 1.165) is 17.5 Å². The maximum Gasteiger partial charge on any atom is 0.418 e. The van der Waals surface area contributed by atoms with Crippen molar-refractivity contribution in [2.75, 3.05) is 0 Å². The summed E-state index contributed by atoms with van der Waals surface area (Å²) in [6.45, 7) is 3.69. The van der Waals surface area contributed by atoms with Crippen LogP contribution in [0.5, 0.6) is 0 Å². The number of carbonyl (C=O) groups is 2. The minimum absolute atomic E-state index is 0.306. The highest BCUT2D eigenvalue weighted by Gasteiger charge is 2.46. The molecular formula is C21H21NO3. The largest absolute Gasteiger partial charge is 0.438 e. The Labute approximate surface area is 147 Å². The van der Waals surface area contributed by atoms with Crippen LogP contribution in [-0.4, -0.2) is 16.9 Å². The monoisotopic (exact) mass is 335 g/mol. The second kappa shape index (κ2) is 7.34. The van der Waals surface area contributed by atoms with Crippen LogP contribution < -0.4 is 0 Å². The van der Waals surface area contributed by atoms with Crippen LogP contribution in [0.3, 0.4) is 0 Å². The van der Waals surface area contributed by atoms with Gasteiger partial charge < -0.3 is 4.74 Å². The molecule has 0 unspecified atom stereocenters. The molecule has 2 aromatic rings. The van der Waals surface area contributed by atoms with Crippen LogP contribution in [-0.2, 0) is 9.53 Å². The average Bonchev–Trinajstić information content (AvgIpc) is 3.00. The van der Waals surface area contributed by atoms with Gasteiger partial charge in [-0.3, -0.25) is 4.79 Å². The average molecular weight is 335 g/mol. The SMILES string of the molecule is CC/C=C(\C)C(=O)N1C(=O)O[C@H](c2ccccc2)[C@@H]1c1ccccc1. The Balaban J connectivity index is 2.06. The van der Waals surface area contributed by atoms with Gasteiger partial charge in [-0.05, 0) is 24.5 Å². The van der Waals surface area contributed by atoms with Crippen molar-refractivity contribution in [3.8, 4) is 0 Å². The summed E-state index contributed by atoms with van der Waals surface area (Å²) in [7, 11) is 0. The number of hydrogen-bond donors (Lipinski definition) is 0. The van der Waals surface area contributed by atoms with Gasteiger partial charge in [0, 0.05) is 5.57 Å². The molecule has 0 spiro atoms. The highest BCUT2D eigenvalue weighted by atomic mass is 16.6. The van der Waals surface area contributed by atoms with Gasteiger partial charge in [0.2, 0.25) is 0 Å². The summed E-state index contributed by atoms with van der Waals surface area (Å²) in [5, 5.41) is 0. The van der Waals surface area contributed by atoms with E-state index < -0.39 is 18.2 Å². The van der Waals surface area contributed by atoms with E-state index in [2.05, 4.69) is 0 Å². The molecule has 0 saturated carbocycles. The molecule has 3 rings (SSSR count). The Morgan fingerprint density at radius 2 is 1.60 bits per heavy atom. The zero-order chi connectivity index (χ0) is 17.8. The Morgan fingerprint density at radius 1 is 1.04 bits per heavy atom. The molecule has 2 aromatic carbocycles. The first kappa shape index (κ1) is 17.0. The molecule has 1 saturated heterocycles. The third-order valence-corrected chi connectivity index (χ3v) is 4.33. The van der Waals surface area contributed by atoms with Crippen molar-refractivity contribution >= 4 is 12.0 Å². The lowest BCUT2D eigenvalue weighted by Crippen LogP contribution is -2.35. The van der Waals surface area contributed by atoms with Gasteiger partial charge in [0.15, 0.2) is 6.10 Å². The molecule has 2 atom stereocenters. The second-order valence-corrected chi connectivity index (χ2v) is 6.04. The molecule has 128 valence electrons. The summed E-state index contributed by atoms with van der Waals surface area (Å²) < 4.78 is 5.62. The molecule has 1 aliphatic rings. The molecule has 1 fully saturated rings. The number of amides is 2. The van der Waals surface area contributed by atoms with E-state index in [9.17, 15) is 9.59 Å². The first-order valence-corrected chi connectivity index (χ1v) is 8.44. The van der Waals surface area contributed by atoms with Crippen molar-refractivity contribution in [1.29, 1.82) is 0 Å². The van der Waals surface area contributed by atoms with E-state index in [1.807, 2.05) is 73.7 Å². The first-order chi connectivity index (χ1) is 12.1. The van der Waals surface area contributed by atoms with E-state index in [4.69, 9.17) is 4.74 Å².